The minimum absolute atomic E-state index is 0.154. The van der Waals surface area contributed by atoms with Crippen LogP contribution in [0.4, 0.5) is 36.4 Å². The monoisotopic (exact) mass is 561 g/mol. The summed E-state index contributed by atoms with van der Waals surface area (Å²) in [6.45, 7) is 1.47. The van der Waals surface area contributed by atoms with Crippen molar-refractivity contribution in [2.24, 2.45) is 0 Å². The van der Waals surface area contributed by atoms with Gasteiger partial charge in [0.25, 0.3) is 0 Å². The summed E-state index contributed by atoms with van der Waals surface area (Å²) in [4.78, 5) is 19.2. The van der Waals surface area contributed by atoms with Crippen LogP contribution in [-0.2, 0) is 6.67 Å². The maximum Gasteiger partial charge on any atom is 0.422 e. The Labute approximate surface area is 233 Å². The van der Waals surface area contributed by atoms with Crippen molar-refractivity contribution in [2.75, 3.05) is 42.6 Å². The summed E-state index contributed by atoms with van der Waals surface area (Å²) in [6.07, 6.45) is -4.54. The molecule has 3 aromatic carbocycles. The van der Waals surface area contributed by atoms with E-state index in [0.29, 0.717) is 32.8 Å². The van der Waals surface area contributed by atoms with Gasteiger partial charge in [-0.25, -0.2) is 4.68 Å². The second-order valence-corrected chi connectivity index (χ2v) is 9.45. The molecule has 0 amide bonds. The van der Waals surface area contributed by atoms with Crippen molar-refractivity contribution in [1.82, 2.24) is 34.8 Å². The predicted molar refractivity (Wildman–Crippen MR) is 147 cm³/mol. The van der Waals surface area contributed by atoms with Crippen LogP contribution >= 0.6 is 0 Å². The molecule has 0 aliphatic carbocycles. The van der Waals surface area contributed by atoms with E-state index in [1.165, 1.54) is 0 Å². The van der Waals surface area contributed by atoms with Crippen molar-refractivity contribution in [3.8, 4) is 6.01 Å². The summed E-state index contributed by atoms with van der Waals surface area (Å²) in [7, 11) is 0. The van der Waals surface area contributed by atoms with Gasteiger partial charge >= 0.3 is 12.2 Å². The summed E-state index contributed by atoms with van der Waals surface area (Å²) >= 11 is 0. The molecular weight excluding hydrogens is 535 g/mol. The van der Waals surface area contributed by atoms with E-state index in [4.69, 9.17) is 9.72 Å². The van der Waals surface area contributed by atoms with Crippen LogP contribution in [0.5, 0.6) is 6.01 Å². The fourth-order valence-electron chi connectivity index (χ4n) is 4.62. The number of halogens is 3. The van der Waals surface area contributed by atoms with E-state index in [2.05, 4.69) is 25.2 Å². The number of hydrogen-bond acceptors (Lipinski definition) is 9. The summed E-state index contributed by atoms with van der Waals surface area (Å²) in [5, 5.41) is 8.49. The summed E-state index contributed by atoms with van der Waals surface area (Å²) < 4.78 is 46.0. The summed E-state index contributed by atoms with van der Waals surface area (Å²) in [5.41, 5.74) is 3.26. The minimum Gasteiger partial charge on any atom is -0.454 e. The molecule has 6 rings (SSSR count). The maximum atomic E-state index is 13.0. The van der Waals surface area contributed by atoms with E-state index in [1.54, 1.807) is 4.90 Å². The first-order chi connectivity index (χ1) is 19.9. The topological polar surface area (TPSA) is 88.3 Å². The van der Waals surface area contributed by atoms with Gasteiger partial charge in [-0.1, -0.05) is 53.7 Å². The fourth-order valence-corrected chi connectivity index (χ4v) is 4.62. The van der Waals surface area contributed by atoms with Crippen LogP contribution in [0.2, 0.25) is 0 Å². The molecule has 0 unspecified atom stereocenters. The number of fused-ring (bicyclic) bond motifs is 1. The molecule has 0 atom stereocenters. The molecule has 1 fully saturated rings. The Balaban J connectivity index is 1.28. The van der Waals surface area contributed by atoms with Crippen LogP contribution in [0.1, 0.15) is 0 Å². The maximum absolute atomic E-state index is 13.0. The highest BCUT2D eigenvalue weighted by atomic mass is 19.4. The molecule has 1 saturated heterocycles. The van der Waals surface area contributed by atoms with E-state index in [0.717, 1.165) is 22.4 Å². The third-order valence-corrected chi connectivity index (χ3v) is 6.59. The van der Waals surface area contributed by atoms with Crippen LogP contribution in [0, 0.1) is 0 Å². The molecule has 0 radical (unpaired) electrons. The fraction of sp³-hybridized carbons (Fsp3) is 0.250. The van der Waals surface area contributed by atoms with Gasteiger partial charge in [0.1, 0.15) is 5.52 Å². The van der Waals surface area contributed by atoms with Crippen LogP contribution in [0.15, 0.2) is 84.9 Å². The number of benzene rings is 3. The number of piperazine rings is 1. The highest BCUT2D eigenvalue weighted by Crippen LogP contribution is 2.33. The second kappa shape index (κ2) is 11.4. The SMILES string of the molecule is FC(F)(F)COc1nc(N2CCN(Cn3nnc4ccccc43)CC2)nc(N(c2ccccc2)c2ccccc2)n1. The van der Waals surface area contributed by atoms with E-state index in [1.807, 2.05) is 94.5 Å². The van der Waals surface area contributed by atoms with Gasteiger partial charge in [0.05, 0.1) is 12.2 Å². The molecule has 10 nitrogen and oxygen atoms in total. The first kappa shape index (κ1) is 26.4. The number of para-hydroxylation sites is 3. The number of ether oxygens (including phenoxy) is 1. The normalized spacial score (nSPS) is 14.4. The van der Waals surface area contributed by atoms with Crippen LogP contribution in [0.25, 0.3) is 11.0 Å². The quantitative estimate of drug-likeness (QED) is 0.265. The average molecular weight is 562 g/mol. The lowest BCUT2D eigenvalue weighted by Crippen LogP contribution is -2.47. The number of rotatable bonds is 8. The van der Waals surface area contributed by atoms with Gasteiger partial charge in [-0.05, 0) is 36.4 Å². The Morgan fingerprint density at radius 2 is 1.39 bits per heavy atom. The Hall–Kier alpha value is -4.78. The van der Waals surface area contributed by atoms with Crippen LogP contribution < -0.4 is 14.5 Å². The largest absolute Gasteiger partial charge is 0.454 e. The molecule has 0 N–H and O–H groups in total. The van der Waals surface area contributed by atoms with Gasteiger partial charge in [0.15, 0.2) is 6.61 Å². The van der Waals surface area contributed by atoms with Crippen LogP contribution in [-0.4, -0.2) is 73.8 Å². The first-order valence-electron chi connectivity index (χ1n) is 13.0. The second-order valence-electron chi connectivity index (χ2n) is 9.45. The molecule has 0 bridgehead atoms. The van der Waals surface area contributed by atoms with E-state index >= 15 is 0 Å². The molecule has 2 aromatic heterocycles. The van der Waals surface area contributed by atoms with Crippen molar-refractivity contribution < 1.29 is 17.9 Å². The highest BCUT2D eigenvalue weighted by molar-refractivity contribution is 5.74. The number of anilines is 4. The lowest BCUT2D eigenvalue weighted by Gasteiger charge is -2.35. The predicted octanol–water partition coefficient (Wildman–Crippen LogP) is 4.81. The third-order valence-electron chi connectivity index (χ3n) is 6.59. The van der Waals surface area contributed by atoms with Gasteiger partial charge in [0, 0.05) is 37.6 Å². The zero-order valence-electron chi connectivity index (χ0n) is 21.9. The summed E-state index contributed by atoms with van der Waals surface area (Å²) in [6, 6.07) is 26.1. The molecule has 0 spiro atoms. The number of nitrogens with zero attached hydrogens (tertiary/aromatic N) is 9. The molecular formula is C28H26F3N9O. The molecule has 13 heteroatoms. The van der Waals surface area contributed by atoms with Crippen molar-refractivity contribution >= 4 is 34.3 Å². The molecule has 210 valence electrons. The minimum atomic E-state index is -4.54. The highest BCUT2D eigenvalue weighted by Gasteiger charge is 2.30. The average Bonchev–Trinajstić information content (AvgIpc) is 3.40. The van der Waals surface area contributed by atoms with Gasteiger partial charge in [-0.3, -0.25) is 9.80 Å². The zero-order valence-corrected chi connectivity index (χ0v) is 21.9. The van der Waals surface area contributed by atoms with E-state index in [-0.39, 0.29) is 11.9 Å². The number of alkyl halides is 3. The van der Waals surface area contributed by atoms with E-state index < -0.39 is 18.8 Å². The Morgan fingerprint density at radius 1 is 0.756 bits per heavy atom. The van der Waals surface area contributed by atoms with Crippen molar-refractivity contribution in [1.29, 1.82) is 0 Å². The first-order valence-corrected chi connectivity index (χ1v) is 13.0. The molecule has 5 aromatic rings. The lowest BCUT2D eigenvalue weighted by molar-refractivity contribution is -0.154. The molecule has 3 heterocycles. The Bertz CT molecular complexity index is 1550. The third kappa shape index (κ3) is 6.19. The van der Waals surface area contributed by atoms with Gasteiger partial charge in [0.2, 0.25) is 11.9 Å². The standard InChI is InChI=1S/C28H26F3N9O/c29-28(30,31)19-41-27-33-25(32-26(34-27)40(21-9-3-1-4-10-21)22-11-5-2-6-12-22)38-17-15-37(16-18-38)20-39-24-14-8-7-13-23(24)35-36-39/h1-14H,15-20H2. The molecule has 41 heavy (non-hydrogen) atoms. The smallest absolute Gasteiger partial charge is 0.422 e. The van der Waals surface area contributed by atoms with Crippen LogP contribution in [0.3, 0.4) is 0 Å². The van der Waals surface area contributed by atoms with Crippen molar-refractivity contribution in [2.45, 2.75) is 12.8 Å². The van der Waals surface area contributed by atoms with E-state index in [9.17, 15) is 13.2 Å². The number of aromatic nitrogens is 6. The number of hydrogen-bond donors (Lipinski definition) is 0. The Morgan fingerprint density at radius 3 is 2.05 bits per heavy atom. The van der Waals surface area contributed by atoms with Crippen molar-refractivity contribution in [3.05, 3.63) is 84.9 Å². The van der Waals surface area contributed by atoms with Gasteiger partial charge in [-0.15, -0.1) is 5.10 Å². The molecule has 1 aliphatic rings. The zero-order chi connectivity index (χ0) is 28.2. The lowest BCUT2D eigenvalue weighted by atomic mass is 10.2. The Kier molecular flexibility index (Phi) is 7.33. The molecule has 0 saturated carbocycles. The van der Waals surface area contributed by atoms with Crippen molar-refractivity contribution in [3.63, 3.8) is 0 Å². The molecule has 1 aliphatic heterocycles. The van der Waals surface area contributed by atoms with Gasteiger partial charge in [-0.2, -0.15) is 28.1 Å². The summed E-state index contributed by atoms with van der Waals surface area (Å²) in [5.74, 6) is 0.399. The van der Waals surface area contributed by atoms with Gasteiger partial charge < -0.3 is 9.64 Å².